The molecule has 2 aromatic rings. The molecule has 0 atom stereocenters. The third kappa shape index (κ3) is 4.58. The van der Waals surface area contributed by atoms with E-state index in [0.29, 0.717) is 11.3 Å². The molecule has 0 unspecified atom stereocenters. The maximum absolute atomic E-state index is 11.8. The quantitative estimate of drug-likeness (QED) is 0.604. The van der Waals surface area contributed by atoms with Crippen molar-refractivity contribution in [3.63, 3.8) is 0 Å². The first-order chi connectivity index (χ1) is 11.4. The van der Waals surface area contributed by atoms with Crippen molar-refractivity contribution in [3.8, 4) is 11.5 Å². The van der Waals surface area contributed by atoms with Gasteiger partial charge in [0.25, 0.3) is 5.91 Å². The Kier molecular flexibility index (Phi) is 5.98. The van der Waals surface area contributed by atoms with Gasteiger partial charge < -0.3 is 9.84 Å². The van der Waals surface area contributed by atoms with Gasteiger partial charge in [0.05, 0.1) is 10.7 Å². The Labute approximate surface area is 149 Å². The topological polar surface area (TPSA) is 70.9 Å². The fourth-order valence-corrected chi connectivity index (χ4v) is 3.00. The second-order valence-electron chi connectivity index (χ2n) is 5.49. The van der Waals surface area contributed by atoms with Crippen LogP contribution in [0.2, 0.25) is 0 Å². The van der Waals surface area contributed by atoms with Crippen molar-refractivity contribution in [2.75, 3.05) is 6.61 Å². The largest absolute Gasteiger partial charge is 0.507 e. The summed E-state index contributed by atoms with van der Waals surface area (Å²) in [7, 11) is 0. The van der Waals surface area contributed by atoms with E-state index in [1.54, 1.807) is 25.1 Å². The highest BCUT2D eigenvalue weighted by atomic mass is 79.9. The maximum atomic E-state index is 11.8. The van der Waals surface area contributed by atoms with E-state index in [1.807, 2.05) is 26.0 Å². The summed E-state index contributed by atoms with van der Waals surface area (Å²) in [6.45, 7) is 5.55. The minimum Gasteiger partial charge on any atom is -0.507 e. The van der Waals surface area contributed by atoms with Gasteiger partial charge in [0.2, 0.25) is 0 Å². The fourth-order valence-electron chi connectivity index (χ4n) is 2.21. The van der Waals surface area contributed by atoms with Gasteiger partial charge >= 0.3 is 0 Å². The molecule has 0 saturated carbocycles. The summed E-state index contributed by atoms with van der Waals surface area (Å²) in [5.41, 5.74) is 5.71. The number of amides is 1. The minimum atomic E-state index is -0.384. The predicted molar refractivity (Wildman–Crippen MR) is 97.7 cm³/mol. The molecule has 0 aliphatic rings. The van der Waals surface area contributed by atoms with E-state index in [9.17, 15) is 9.90 Å². The van der Waals surface area contributed by atoms with Gasteiger partial charge in [-0.2, -0.15) is 5.10 Å². The van der Waals surface area contributed by atoms with Crippen LogP contribution in [-0.2, 0) is 4.79 Å². The number of ether oxygens (including phenoxy) is 1. The summed E-state index contributed by atoms with van der Waals surface area (Å²) in [6, 6.07) is 9.22. The fraction of sp³-hybridized carbons (Fsp3) is 0.222. The molecule has 1 amide bonds. The van der Waals surface area contributed by atoms with Crippen molar-refractivity contribution in [2.24, 2.45) is 5.10 Å². The minimum absolute atomic E-state index is 0.144. The predicted octanol–water partition coefficient (Wildman–Crippen LogP) is 3.61. The lowest BCUT2D eigenvalue weighted by molar-refractivity contribution is -0.123. The zero-order valence-electron chi connectivity index (χ0n) is 13.8. The number of para-hydroxylation sites is 1. The molecule has 0 aromatic heterocycles. The molecule has 0 radical (unpaired) electrons. The number of carbonyl (C=O) groups excluding carboxylic acids is 1. The first kappa shape index (κ1) is 18.0. The highest BCUT2D eigenvalue weighted by Crippen LogP contribution is 2.30. The molecule has 0 bridgehead atoms. The average molecular weight is 391 g/mol. The number of benzene rings is 2. The lowest BCUT2D eigenvalue weighted by Gasteiger charge is -2.11. The van der Waals surface area contributed by atoms with Crippen LogP contribution < -0.4 is 10.2 Å². The summed E-state index contributed by atoms with van der Waals surface area (Å²) >= 11 is 3.43. The van der Waals surface area contributed by atoms with Gasteiger partial charge in [0.1, 0.15) is 11.5 Å². The molecule has 0 aliphatic heterocycles. The second kappa shape index (κ2) is 7.97. The standard InChI is InChI=1S/C18H19BrN2O3/c1-11-7-13(3)18(15(19)8-11)24-10-16(22)21-20-9-14-6-4-5-12(2)17(14)23/h4-9,23H,10H2,1-3H3,(H,21,22). The Bertz CT molecular complexity index is 765. The summed E-state index contributed by atoms with van der Waals surface area (Å²) in [4.78, 5) is 11.8. The second-order valence-corrected chi connectivity index (χ2v) is 6.34. The zero-order valence-corrected chi connectivity index (χ0v) is 15.3. The first-order valence-electron chi connectivity index (χ1n) is 7.38. The van der Waals surface area contributed by atoms with Crippen LogP contribution in [0.4, 0.5) is 0 Å². The smallest absolute Gasteiger partial charge is 0.277 e. The van der Waals surface area contributed by atoms with E-state index in [4.69, 9.17) is 4.74 Å². The van der Waals surface area contributed by atoms with Gasteiger partial charge in [-0.1, -0.05) is 18.2 Å². The zero-order chi connectivity index (χ0) is 17.7. The van der Waals surface area contributed by atoms with Gasteiger partial charge in [0.15, 0.2) is 6.61 Å². The number of rotatable bonds is 5. The van der Waals surface area contributed by atoms with Gasteiger partial charge in [-0.25, -0.2) is 5.43 Å². The number of nitrogens with one attached hydrogen (secondary N) is 1. The van der Waals surface area contributed by atoms with Crippen molar-refractivity contribution in [2.45, 2.75) is 20.8 Å². The number of hydrazone groups is 1. The molecule has 0 fully saturated rings. The number of phenolic OH excluding ortho intramolecular Hbond substituents is 1. The number of hydrogen-bond donors (Lipinski definition) is 2. The Morgan fingerprint density at radius 1 is 1.29 bits per heavy atom. The van der Waals surface area contributed by atoms with Crippen LogP contribution in [0.25, 0.3) is 0 Å². The molecule has 6 heteroatoms. The highest BCUT2D eigenvalue weighted by molar-refractivity contribution is 9.10. The molecule has 24 heavy (non-hydrogen) atoms. The molecule has 2 N–H and O–H groups in total. The van der Waals surface area contributed by atoms with Gasteiger partial charge in [-0.3, -0.25) is 4.79 Å². The number of aryl methyl sites for hydroxylation is 3. The third-order valence-corrected chi connectivity index (χ3v) is 3.97. The van der Waals surface area contributed by atoms with Crippen LogP contribution in [-0.4, -0.2) is 23.8 Å². The van der Waals surface area contributed by atoms with Crippen molar-refractivity contribution in [1.29, 1.82) is 0 Å². The van der Waals surface area contributed by atoms with E-state index in [-0.39, 0.29) is 18.3 Å². The molecule has 0 spiro atoms. The van der Waals surface area contributed by atoms with Crippen LogP contribution in [0.3, 0.4) is 0 Å². The van der Waals surface area contributed by atoms with Crippen molar-refractivity contribution >= 4 is 28.1 Å². The van der Waals surface area contributed by atoms with Crippen LogP contribution in [0, 0.1) is 20.8 Å². The third-order valence-electron chi connectivity index (χ3n) is 3.38. The number of aromatic hydroxyl groups is 1. The Balaban J connectivity index is 1.92. The molecular weight excluding hydrogens is 372 g/mol. The first-order valence-corrected chi connectivity index (χ1v) is 8.18. The SMILES string of the molecule is Cc1cc(C)c(OCC(=O)NN=Cc2cccc(C)c2O)c(Br)c1. The van der Waals surface area contributed by atoms with Crippen molar-refractivity contribution in [3.05, 3.63) is 57.1 Å². The number of hydrogen-bond acceptors (Lipinski definition) is 4. The molecule has 2 aromatic carbocycles. The lowest BCUT2D eigenvalue weighted by atomic mass is 10.1. The van der Waals surface area contributed by atoms with E-state index >= 15 is 0 Å². The molecular formula is C18H19BrN2O3. The molecule has 0 heterocycles. The van der Waals surface area contributed by atoms with Gasteiger partial charge in [0, 0.05) is 5.56 Å². The van der Waals surface area contributed by atoms with Gasteiger partial charge in [-0.15, -0.1) is 0 Å². The van der Waals surface area contributed by atoms with Crippen LogP contribution in [0.15, 0.2) is 39.9 Å². The van der Waals surface area contributed by atoms with Crippen molar-refractivity contribution < 1.29 is 14.6 Å². The Morgan fingerprint density at radius 3 is 2.75 bits per heavy atom. The van der Waals surface area contributed by atoms with Crippen LogP contribution in [0.5, 0.6) is 11.5 Å². The number of nitrogens with zero attached hydrogens (tertiary/aromatic N) is 1. The Hall–Kier alpha value is -2.34. The van der Waals surface area contributed by atoms with E-state index < -0.39 is 0 Å². The molecule has 126 valence electrons. The summed E-state index contributed by atoms with van der Waals surface area (Å²) in [5.74, 6) is 0.396. The molecule has 2 rings (SSSR count). The maximum Gasteiger partial charge on any atom is 0.277 e. The summed E-state index contributed by atoms with van der Waals surface area (Å²) < 4.78 is 6.35. The number of phenols is 1. The normalized spacial score (nSPS) is 10.8. The van der Waals surface area contributed by atoms with Crippen LogP contribution in [0.1, 0.15) is 22.3 Å². The monoisotopic (exact) mass is 390 g/mol. The number of halogens is 1. The van der Waals surface area contributed by atoms with E-state index in [2.05, 4.69) is 26.5 Å². The Morgan fingerprint density at radius 2 is 2.04 bits per heavy atom. The summed E-state index contributed by atoms with van der Waals surface area (Å²) in [5, 5.41) is 13.7. The number of carbonyl (C=O) groups is 1. The molecule has 5 nitrogen and oxygen atoms in total. The molecule has 0 saturated heterocycles. The average Bonchev–Trinajstić information content (AvgIpc) is 2.50. The highest BCUT2D eigenvalue weighted by Gasteiger charge is 2.09. The van der Waals surface area contributed by atoms with Crippen LogP contribution >= 0.6 is 15.9 Å². The van der Waals surface area contributed by atoms with Gasteiger partial charge in [-0.05, 0) is 65.5 Å². The summed E-state index contributed by atoms with van der Waals surface area (Å²) in [6.07, 6.45) is 1.40. The molecule has 0 aliphatic carbocycles. The lowest BCUT2D eigenvalue weighted by Crippen LogP contribution is -2.24. The van der Waals surface area contributed by atoms with Crippen molar-refractivity contribution in [1.82, 2.24) is 5.43 Å². The van der Waals surface area contributed by atoms with E-state index in [1.165, 1.54) is 6.21 Å². The van der Waals surface area contributed by atoms with E-state index in [0.717, 1.165) is 21.2 Å².